The number of nitrogens with one attached hydrogen (secondary N) is 2. The van der Waals surface area contributed by atoms with Crippen LogP contribution in [0.4, 0.5) is 19.0 Å². The summed E-state index contributed by atoms with van der Waals surface area (Å²) in [5, 5.41) is 3.64. The van der Waals surface area contributed by atoms with Gasteiger partial charge in [0.15, 0.2) is 0 Å². The van der Waals surface area contributed by atoms with Crippen molar-refractivity contribution in [3.63, 3.8) is 0 Å². The first kappa shape index (κ1) is 19.6. The molecule has 0 amide bonds. The number of hydrogen-bond acceptors (Lipinski definition) is 5. The van der Waals surface area contributed by atoms with E-state index in [-0.39, 0.29) is 29.2 Å². The largest absolute Gasteiger partial charge is 0.491 e. The van der Waals surface area contributed by atoms with Crippen molar-refractivity contribution >= 4 is 16.9 Å². The Kier molecular flexibility index (Phi) is 4.70. The Morgan fingerprint density at radius 2 is 2.10 bits per heavy atom. The first-order valence-electron chi connectivity index (χ1n) is 9.94. The summed E-state index contributed by atoms with van der Waals surface area (Å²) in [6.45, 7) is 9.15. The van der Waals surface area contributed by atoms with E-state index in [1.165, 1.54) is 6.33 Å². The van der Waals surface area contributed by atoms with Crippen LogP contribution in [-0.2, 0) is 6.18 Å². The van der Waals surface area contributed by atoms with Gasteiger partial charge < -0.3 is 19.9 Å². The lowest BCUT2D eigenvalue weighted by Crippen LogP contribution is -2.47. The molecule has 4 heterocycles. The van der Waals surface area contributed by atoms with Gasteiger partial charge >= 0.3 is 6.18 Å². The van der Waals surface area contributed by atoms with Crippen molar-refractivity contribution in [2.45, 2.75) is 30.7 Å². The zero-order valence-electron chi connectivity index (χ0n) is 16.4. The van der Waals surface area contributed by atoms with Crippen LogP contribution in [0.25, 0.3) is 15.9 Å². The van der Waals surface area contributed by atoms with E-state index in [9.17, 15) is 13.2 Å². The fourth-order valence-electron chi connectivity index (χ4n) is 4.37. The Labute approximate surface area is 176 Å². The molecule has 2 aromatic heterocycles. The molecule has 0 aliphatic carbocycles. The van der Waals surface area contributed by atoms with Gasteiger partial charge in [-0.2, -0.15) is 13.2 Å². The predicted molar refractivity (Wildman–Crippen MR) is 108 cm³/mol. The van der Waals surface area contributed by atoms with E-state index in [4.69, 9.17) is 11.3 Å². The van der Waals surface area contributed by atoms with Gasteiger partial charge in [-0.15, -0.1) is 0 Å². The van der Waals surface area contributed by atoms with Crippen LogP contribution < -0.4 is 10.1 Å². The minimum atomic E-state index is -4.50. The Balaban J connectivity index is 1.53. The van der Waals surface area contributed by atoms with E-state index >= 15 is 0 Å². The fraction of sp³-hybridized carbons (Fsp3) is 0.381. The minimum Gasteiger partial charge on any atom is -0.491 e. The van der Waals surface area contributed by atoms with Gasteiger partial charge in [0.2, 0.25) is 6.04 Å². The number of likely N-dealkylation sites (tertiary alicyclic amines) is 1. The normalized spacial score (nSPS) is 23.9. The number of para-hydroxylation sites is 1. The predicted octanol–water partition coefficient (Wildman–Crippen LogP) is 3.88. The maximum Gasteiger partial charge on any atom is 0.431 e. The second kappa shape index (κ2) is 7.42. The quantitative estimate of drug-likeness (QED) is 0.620. The number of aromatic nitrogens is 3. The summed E-state index contributed by atoms with van der Waals surface area (Å²) < 4.78 is 45.6. The van der Waals surface area contributed by atoms with Gasteiger partial charge in [0.05, 0.1) is 24.0 Å². The number of aromatic amines is 1. The van der Waals surface area contributed by atoms with Crippen molar-refractivity contribution in [2.75, 3.05) is 25.0 Å². The van der Waals surface area contributed by atoms with Gasteiger partial charge in [0.1, 0.15) is 35.8 Å². The van der Waals surface area contributed by atoms with E-state index in [1.807, 2.05) is 24.3 Å². The molecule has 1 fully saturated rings. The monoisotopic (exact) mass is 428 g/mol. The van der Waals surface area contributed by atoms with Crippen molar-refractivity contribution in [1.82, 2.24) is 19.9 Å². The minimum absolute atomic E-state index is 0.0532. The highest BCUT2D eigenvalue weighted by atomic mass is 19.4. The number of rotatable bonds is 3. The molecule has 2 aliphatic heterocycles. The third kappa shape index (κ3) is 3.55. The third-order valence-corrected chi connectivity index (χ3v) is 5.92. The fourth-order valence-corrected chi connectivity index (χ4v) is 4.37. The molecular weight excluding hydrogens is 409 g/mol. The summed E-state index contributed by atoms with van der Waals surface area (Å²) in [4.78, 5) is 16.4. The highest BCUT2D eigenvalue weighted by Crippen LogP contribution is 2.39. The Morgan fingerprint density at radius 1 is 1.26 bits per heavy atom. The van der Waals surface area contributed by atoms with Crippen LogP contribution in [-0.4, -0.2) is 51.6 Å². The average molecular weight is 428 g/mol. The molecule has 0 unspecified atom stereocenters. The van der Waals surface area contributed by atoms with Gasteiger partial charge in [-0.1, -0.05) is 18.2 Å². The molecule has 31 heavy (non-hydrogen) atoms. The lowest BCUT2D eigenvalue weighted by Gasteiger charge is -2.39. The van der Waals surface area contributed by atoms with Gasteiger partial charge in [0.25, 0.3) is 0 Å². The second-order valence-electron chi connectivity index (χ2n) is 7.77. The smallest absolute Gasteiger partial charge is 0.431 e. The van der Waals surface area contributed by atoms with Crippen LogP contribution in [0.3, 0.4) is 0 Å². The highest BCUT2D eigenvalue weighted by Gasteiger charge is 2.40. The Hall–Kier alpha value is -3.32. The zero-order valence-corrected chi connectivity index (χ0v) is 16.4. The van der Waals surface area contributed by atoms with Crippen molar-refractivity contribution in [1.29, 1.82) is 0 Å². The summed E-state index contributed by atoms with van der Waals surface area (Å²) in [6, 6.07) is 8.22. The summed E-state index contributed by atoms with van der Waals surface area (Å²) in [5.41, 5.74) is 0.161. The van der Waals surface area contributed by atoms with Crippen LogP contribution in [0.15, 0.2) is 36.7 Å². The zero-order chi connectivity index (χ0) is 21.6. The molecule has 10 heteroatoms. The molecule has 1 saturated heterocycles. The number of halogens is 3. The van der Waals surface area contributed by atoms with E-state index in [0.29, 0.717) is 19.0 Å². The Morgan fingerprint density at radius 3 is 2.87 bits per heavy atom. The molecule has 160 valence electrons. The number of fused-ring (bicyclic) bond motifs is 2. The van der Waals surface area contributed by atoms with E-state index in [0.717, 1.165) is 30.3 Å². The molecule has 0 radical (unpaired) electrons. The van der Waals surface area contributed by atoms with Crippen LogP contribution in [0.2, 0.25) is 0 Å². The molecule has 0 spiro atoms. The number of benzene rings is 1. The summed E-state index contributed by atoms with van der Waals surface area (Å²) in [5.74, 6) is 1.05. The summed E-state index contributed by atoms with van der Waals surface area (Å²) in [6.07, 6.45) is -2.47. The van der Waals surface area contributed by atoms with Crippen LogP contribution in [0.1, 0.15) is 23.7 Å². The maximum atomic E-state index is 13.2. The van der Waals surface area contributed by atoms with Crippen LogP contribution >= 0.6 is 0 Å². The molecule has 0 saturated carbocycles. The van der Waals surface area contributed by atoms with Gasteiger partial charge in [-0.3, -0.25) is 4.90 Å². The molecule has 5 rings (SSSR count). The second-order valence-corrected chi connectivity index (χ2v) is 7.77. The SMILES string of the molecule is [C-]#[N+][C@H]1CCN([C@H]2COc3ccccc3[C@@H]2Nc2ncnc3[nH]c(C(F)(F)F)cc23)C1. The van der Waals surface area contributed by atoms with Crippen molar-refractivity contribution in [3.8, 4) is 5.75 Å². The van der Waals surface area contributed by atoms with Crippen molar-refractivity contribution in [3.05, 3.63) is 59.3 Å². The number of anilines is 1. The van der Waals surface area contributed by atoms with Gasteiger partial charge in [0, 0.05) is 18.5 Å². The lowest BCUT2D eigenvalue weighted by atomic mass is 9.95. The van der Waals surface area contributed by atoms with E-state index < -0.39 is 11.9 Å². The molecule has 2 N–H and O–H groups in total. The van der Waals surface area contributed by atoms with Crippen LogP contribution in [0.5, 0.6) is 5.75 Å². The standard InChI is InChI=1S/C21H19F3N6O/c1-25-12-6-7-30(9-12)15-10-31-16-5-3-2-4-13(16)18(15)29-20-14-8-17(21(22,23)24)28-19(14)26-11-27-20/h2-5,8,11-12,15,18H,6-7,9-10H2,(H2,26,27,28,29)/t12-,15-,18-/m0/s1. The molecule has 3 atom stereocenters. The maximum absolute atomic E-state index is 13.2. The first-order chi connectivity index (χ1) is 14.9. The number of hydrogen-bond donors (Lipinski definition) is 2. The highest BCUT2D eigenvalue weighted by molar-refractivity contribution is 5.88. The molecular formula is C21H19F3N6O. The summed E-state index contributed by atoms with van der Waals surface area (Å²) >= 11 is 0. The molecule has 0 bridgehead atoms. The van der Waals surface area contributed by atoms with Gasteiger partial charge in [-0.25, -0.2) is 16.5 Å². The van der Waals surface area contributed by atoms with Crippen molar-refractivity contribution in [2.24, 2.45) is 0 Å². The van der Waals surface area contributed by atoms with Crippen LogP contribution in [0, 0.1) is 6.57 Å². The number of H-pyrrole nitrogens is 1. The number of nitrogens with zero attached hydrogens (tertiary/aromatic N) is 4. The molecule has 3 aromatic rings. The van der Waals surface area contributed by atoms with Crippen molar-refractivity contribution < 1.29 is 17.9 Å². The first-order valence-corrected chi connectivity index (χ1v) is 9.94. The molecule has 7 nitrogen and oxygen atoms in total. The van der Waals surface area contributed by atoms with E-state index in [2.05, 4.69) is 30.0 Å². The topological polar surface area (TPSA) is 70.4 Å². The van der Waals surface area contributed by atoms with E-state index in [1.54, 1.807) is 0 Å². The lowest BCUT2D eigenvalue weighted by molar-refractivity contribution is -0.140. The number of ether oxygens (including phenoxy) is 1. The number of alkyl halides is 3. The molecule has 1 aromatic carbocycles. The van der Waals surface area contributed by atoms with Gasteiger partial charge in [-0.05, 0) is 12.1 Å². The third-order valence-electron chi connectivity index (χ3n) is 5.92. The summed E-state index contributed by atoms with van der Waals surface area (Å²) in [7, 11) is 0. The Bertz CT molecular complexity index is 1150. The average Bonchev–Trinajstić information content (AvgIpc) is 3.41. The molecule has 2 aliphatic rings.